The van der Waals surface area contributed by atoms with E-state index in [1.54, 1.807) is 0 Å². The number of fused-ring (bicyclic) bond motifs is 1. The lowest BCUT2D eigenvalue weighted by molar-refractivity contribution is -0.131. The van der Waals surface area contributed by atoms with Crippen LogP contribution >= 0.6 is 11.6 Å². The van der Waals surface area contributed by atoms with E-state index in [4.69, 9.17) is 16.6 Å². The molecule has 1 aromatic heterocycles. The van der Waals surface area contributed by atoms with Crippen molar-refractivity contribution in [1.29, 1.82) is 0 Å². The molecule has 1 fully saturated rings. The summed E-state index contributed by atoms with van der Waals surface area (Å²) in [7, 11) is 0. The number of halogens is 1. The first-order chi connectivity index (χ1) is 12.8. The maximum absolute atomic E-state index is 12.6. The fourth-order valence-corrected chi connectivity index (χ4v) is 4.09. The highest BCUT2D eigenvalue weighted by Gasteiger charge is 2.39. The van der Waals surface area contributed by atoms with E-state index in [1.807, 2.05) is 47.4 Å². The Morgan fingerprint density at radius 3 is 2.52 bits per heavy atom. The molecule has 27 heavy (non-hydrogen) atoms. The Labute approximate surface area is 164 Å². The number of hydrogen-bond donors (Lipinski definition) is 0. The summed E-state index contributed by atoms with van der Waals surface area (Å²) in [5.74, 6) is 1.26. The molecule has 0 unspecified atom stereocenters. The standard InChI is InChI=1S/C22H24ClN3O/c1-22(2,3)26-14-16(12-20(26)27)21-24-18-10-6-7-11-19(18)25(21)13-15-8-4-5-9-17(15)23/h4-11,16H,12-14H2,1-3H3/t16-/m1/s1. The molecule has 2 heterocycles. The Bertz CT molecular complexity index is 1000. The molecule has 1 atom stereocenters. The predicted octanol–water partition coefficient (Wildman–Crippen LogP) is 4.85. The van der Waals surface area contributed by atoms with Crippen molar-refractivity contribution in [2.75, 3.05) is 6.54 Å². The quantitative estimate of drug-likeness (QED) is 0.650. The minimum Gasteiger partial charge on any atom is -0.337 e. The van der Waals surface area contributed by atoms with Gasteiger partial charge in [0.25, 0.3) is 0 Å². The third-order valence-corrected chi connectivity index (χ3v) is 5.64. The molecule has 140 valence electrons. The van der Waals surface area contributed by atoms with Crippen molar-refractivity contribution in [2.24, 2.45) is 0 Å². The summed E-state index contributed by atoms with van der Waals surface area (Å²) in [6.07, 6.45) is 0.503. The summed E-state index contributed by atoms with van der Waals surface area (Å²) in [4.78, 5) is 19.5. The lowest BCUT2D eigenvalue weighted by Crippen LogP contribution is -2.42. The summed E-state index contributed by atoms with van der Waals surface area (Å²) in [5, 5.41) is 0.750. The molecule has 4 nitrogen and oxygen atoms in total. The van der Waals surface area contributed by atoms with Crippen LogP contribution < -0.4 is 0 Å². The molecule has 1 aliphatic rings. The second-order valence-corrected chi connectivity index (χ2v) is 8.62. The van der Waals surface area contributed by atoms with Crippen molar-refractivity contribution in [1.82, 2.24) is 14.5 Å². The van der Waals surface area contributed by atoms with E-state index < -0.39 is 0 Å². The Hall–Kier alpha value is -2.33. The van der Waals surface area contributed by atoms with Gasteiger partial charge >= 0.3 is 0 Å². The van der Waals surface area contributed by atoms with Gasteiger partial charge in [0, 0.05) is 29.4 Å². The second kappa shape index (κ2) is 6.68. The van der Waals surface area contributed by atoms with E-state index in [-0.39, 0.29) is 17.4 Å². The maximum Gasteiger partial charge on any atom is 0.223 e. The number of imidazole rings is 1. The molecule has 0 radical (unpaired) electrons. The lowest BCUT2D eigenvalue weighted by Gasteiger charge is -2.32. The molecule has 1 amide bonds. The van der Waals surface area contributed by atoms with Crippen LogP contribution in [0.5, 0.6) is 0 Å². The fourth-order valence-electron chi connectivity index (χ4n) is 3.90. The van der Waals surface area contributed by atoms with Crippen LogP contribution in [0.4, 0.5) is 0 Å². The van der Waals surface area contributed by atoms with Crippen LogP contribution in [-0.4, -0.2) is 32.4 Å². The fraction of sp³-hybridized carbons (Fsp3) is 0.364. The number of rotatable bonds is 3. The van der Waals surface area contributed by atoms with E-state index >= 15 is 0 Å². The number of carbonyl (C=O) groups is 1. The van der Waals surface area contributed by atoms with Crippen molar-refractivity contribution in [3.05, 3.63) is 64.9 Å². The SMILES string of the molecule is CC(C)(C)N1C[C@H](c2nc3ccccc3n2Cc2ccccc2Cl)CC1=O. The van der Waals surface area contributed by atoms with Gasteiger partial charge in [-0.05, 0) is 44.5 Å². The first-order valence-electron chi connectivity index (χ1n) is 9.33. The van der Waals surface area contributed by atoms with Gasteiger partial charge in [-0.15, -0.1) is 0 Å². The van der Waals surface area contributed by atoms with Crippen molar-refractivity contribution in [3.63, 3.8) is 0 Å². The lowest BCUT2D eigenvalue weighted by atomic mass is 10.1. The van der Waals surface area contributed by atoms with E-state index in [1.165, 1.54) is 0 Å². The zero-order valence-electron chi connectivity index (χ0n) is 15.9. The topological polar surface area (TPSA) is 38.1 Å². The van der Waals surface area contributed by atoms with Gasteiger partial charge in [0.1, 0.15) is 5.82 Å². The summed E-state index contributed by atoms with van der Waals surface area (Å²) < 4.78 is 2.22. The molecule has 1 aliphatic heterocycles. The van der Waals surface area contributed by atoms with E-state index in [2.05, 4.69) is 31.4 Å². The summed E-state index contributed by atoms with van der Waals surface area (Å²) >= 11 is 6.41. The van der Waals surface area contributed by atoms with Gasteiger partial charge in [0.2, 0.25) is 5.91 Å². The van der Waals surface area contributed by atoms with Crippen LogP contribution in [-0.2, 0) is 11.3 Å². The van der Waals surface area contributed by atoms with Crippen LogP contribution in [0.1, 0.15) is 44.5 Å². The number of benzene rings is 2. The predicted molar refractivity (Wildman–Crippen MR) is 109 cm³/mol. The summed E-state index contributed by atoms with van der Waals surface area (Å²) in [6.45, 7) is 7.60. The number of hydrogen-bond acceptors (Lipinski definition) is 2. The first-order valence-corrected chi connectivity index (χ1v) is 9.71. The smallest absolute Gasteiger partial charge is 0.223 e. The number of carbonyl (C=O) groups excluding carboxylic acids is 1. The Kier molecular flexibility index (Phi) is 4.47. The molecule has 4 rings (SSSR count). The third-order valence-electron chi connectivity index (χ3n) is 5.27. The van der Waals surface area contributed by atoms with E-state index in [0.717, 1.165) is 27.4 Å². The van der Waals surface area contributed by atoms with Crippen molar-refractivity contribution in [2.45, 2.75) is 45.2 Å². The average Bonchev–Trinajstić information content (AvgIpc) is 3.18. The highest BCUT2D eigenvalue weighted by Crippen LogP contribution is 2.34. The van der Waals surface area contributed by atoms with Crippen molar-refractivity contribution in [3.8, 4) is 0 Å². The highest BCUT2D eigenvalue weighted by atomic mass is 35.5. The van der Waals surface area contributed by atoms with Gasteiger partial charge in [-0.25, -0.2) is 4.98 Å². The number of amides is 1. The number of aromatic nitrogens is 2. The zero-order valence-corrected chi connectivity index (χ0v) is 16.7. The molecular formula is C22H24ClN3O. The van der Waals surface area contributed by atoms with E-state index in [0.29, 0.717) is 19.5 Å². The van der Waals surface area contributed by atoms with Gasteiger partial charge in [-0.2, -0.15) is 0 Å². The molecule has 1 saturated heterocycles. The average molecular weight is 382 g/mol. The summed E-state index contributed by atoms with van der Waals surface area (Å²) in [6, 6.07) is 16.0. The first kappa shape index (κ1) is 18.1. The van der Waals surface area contributed by atoms with Gasteiger partial charge in [0.05, 0.1) is 17.6 Å². The monoisotopic (exact) mass is 381 g/mol. The van der Waals surface area contributed by atoms with Crippen LogP contribution in [0.25, 0.3) is 11.0 Å². The minimum absolute atomic E-state index is 0.0895. The minimum atomic E-state index is -0.175. The molecule has 0 spiro atoms. The number of nitrogens with zero attached hydrogens (tertiary/aromatic N) is 3. The normalized spacial score (nSPS) is 17.9. The van der Waals surface area contributed by atoms with Crippen LogP contribution in [0.3, 0.4) is 0 Å². The number of likely N-dealkylation sites (tertiary alicyclic amines) is 1. The van der Waals surface area contributed by atoms with Crippen molar-refractivity contribution < 1.29 is 4.79 Å². The summed E-state index contributed by atoms with van der Waals surface area (Å²) in [5.41, 5.74) is 2.92. The largest absolute Gasteiger partial charge is 0.337 e. The highest BCUT2D eigenvalue weighted by molar-refractivity contribution is 6.31. The molecule has 2 aromatic carbocycles. The Morgan fingerprint density at radius 2 is 1.81 bits per heavy atom. The number of para-hydroxylation sites is 2. The molecular weight excluding hydrogens is 358 g/mol. The third kappa shape index (κ3) is 3.34. The zero-order chi connectivity index (χ0) is 19.2. The van der Waals surface area contributed by atoms with Gasteiger partial charge in [-0.3, -0.25) is 4.79 Å². The van der Waals surface area contributed by atoms with E-state index in [9.17, 15) is 4.79 Å². The van der Waals surface area contributed by atoms with Gasteiger partial charge in [0.15, 0.2) is 0 Å². The Balaban J connectivity index is 1.77. The van der Waals surface area contributed by atoms with Crippen molar-refractivity contribution >= 4 is 28.5 Å². The van der Waals surface area contributed by atoms with Crippen LogP contribution in [0.15, 0.2) is 48.5 Å². The van der Waals surface area contributed by atoms with Crippen LogP contribution in [0, 0.1) is 0 Å². The molecule has 3 aromatic rings. The second-order valence-electron chi connectivity index (χ2n) is 8.21. The Morgan fingerprint density at radius 1 is 1.11 bits per heavy atom. The van der Waals surface area contributed by atoms with Gasteiger partial charge < -0.3 is 9.47 Å². The van der Waals surface area contributed by atoms with Crippen LogP contribution in [0.2, 0.25) is 5.02 Å². The molecule has 5 heteroatoms. The maximum atomic E-state index is 12.6. The molecule has 0 aliphatic carbocycles. The molecule has 0 bridgehead atoms. The molecule has 0 N–H and O–H groups in total. The molecule has 0 saturated carbocycles. The van der Waals surface area contributed by atoms with Gasteiger partial charge in [-0.1, -0.05) is 41.9 Å².